The fourth-order valence-corrected chi connectivity index (χ4v) is 2.70. The van der Waals surface area contributed by atoms with E-state index in [0.717, 1.165) is 22.5 Å². The third kappa shape index (κ3) is 3.99. The lowest BCUT2D eigenvalue weighted by atomic mass is 10.0. The van der Waals surface area contributed by atoms with Crippen molar-refractivity contribution in [2.24, 2.45) is 9.98 Å². The molecule has 0 aliphatic carbocycles. The molecule has 0 aliphatic rings. The van der Waals surface area contributed by atoms with Gasteiger partial charge in [-0.3, -0.25) is 9.98 Å². The van der Waals surface area contributed by atoms with Gasteiger partial charge < -0.3 is 0 Å². The van der Waals surface area contributed by atoms with E-state index >= 15 is 0 Å². The maximum absolute atomic E-state index is 4.39. The fraction of sp³-hybridized carbons (Fsp3) is 0.0435. The number of allylic oxidation sites excluding steroid dienone is 1. The lowest BCUT2D eigenvalue weighted by Crippen LogP contribution is -1.97. The Hall–Kier alpha value is -3.26. The van der Waals surface area contributed by atoms with Crippen LogP contribution in [0.5, 0.6) is 0 Å². The van der Waals surface area contributed by atoms with Gasteiger partial charge in [0.05, 0.1) is 11.4 Å². The molecule has 2 heteroatoms. The zero-order valence-electron chi connectivity index (χ0n) is 14.3. The second kappa shape index (κ2) is 8.02. The molecule has 0 unspecified atom stereocenters. The Kier molecular flexibility index (Phi) is 5.32. The van der Waals surface area contributed by atoms with Crippen LogP contribution < -0.4 is 0 Å². The molecule has 0 amide bonds. The second-order valence-corrected chi connectivity index (χ2v) is 5.61. The molecule has 0 radical (unpaired) electrons. The summed E-state index contributed by atoms with van der Waals surface area (Å²) >= 11 is 0. The van der Waals surface area contributed by atoms with Crippen LogP contribution in [0.4, 0.5) is 0 Å². The molecule has 3 rings (SSSR count). The zero-order chi connectivity index (χ0) is 17.5. The first-order valence-electron chi connectivity index (χ1n) is 8.18. The molecule has 0 aliphatic heterocycles. The molecule has 3 aromatic rings. The lowest BCUT2D eigenvalue weighted by molar-refractivity contribution is 1.43. The van der Waals surface area contributed by atoms with Crippen molar-refractivity contribution in [3.63, 3.8) is 0 Å². The van der Waals surface area contributed by atoms with Gasteiger partial charge in [-0.15, -0.1) is 0 Å². The van der Waals surface area contributed by atoms with E-state index in [1.165, 1.54) is 11.1 Å². The second-order valence-electron chi connectivity index (χ2n) is 5.61. The summed E-state index contributed by atoms with van der Waals surface area (Å²) in [5.41, 5.74) is 6.16. The highest BCUT2D eigenvalue weighted by Gasteiger charge is 2.05. The van der Waals surface area contributed by atoms with E-state index in [1.807, 2.05) is 54.6 Å². The number of benzene rings is 3. The van der Waals surface area contributed by atoms with E-state index in [-0.39, 0.29) is 0 Å². The molecular formula is C23H20N2. The topological polar surface area (TPSA) is 24.7 Å². The maximum atomic E-state index is 4.39. The quantitative estimate of drug-likeness (QED) is 0.553. The first-order valence-corrected chi connectivity index (χ1v) is 8.18. The molecule has 0 heterocycles. The number of hydrogen-bond donors (Lipinski definition) is 0. The Morgan fingerprint density at radius 1 is 0.720 bits per heavy atom. The van der Waals surface area contributed by atoms with E-state index in [1.54, 1.807) is 7.05 Å². The number of nitrogens with zero attached hydrogens (tertiary/aromatic N) is 2. The van der Waals surface area contributed by atoms with Gasteiger partial charge in [0.2, 0.25) is 0 Å². The Labute approximate surface area is 148 Å². The van der Waals surface area contributed by atoms with Crippen molar-refractivity contribution in [2.45, 2.75) is 0 Å². The van der Waals surface area contributed by atoms with Crippen molar-refractivity contribution < 1.29 is 0 Å². The molecular weight excluding hydrogens is 304 g/mol. The van der Waals surface area contributed by atoms with Crippen molar-refractivity contribution in [1.82, 2.24) is 0 Å². The Morgan fingerprint density at radius 2 is 1.28 bits per heavy atom. The first kappa shape index (κ1) is 16.6. The monoisotopic (exact) mass is 324 g/mol. The van der Waals surface area contributed by atoms with Gasteiger partial charge in [-0.25, -0.2) is 0 Å². The summed E-state index contributed by atoms with van der Waals surface area (Å²) in [6.07, 6.45) is 1.97. The predicted molar refractivity (Wildman–Crippen MR) is 108 cm³/mol. The van der Waals surface area contributed by atoms with Crippen LogP contribution in [0.3, 0.4) is 0 Å². The van der Waals surface area contributed by atoms with Crippen molar-refractivity contribution in [3.8, 4) is 11.1 Å². The van der Waals surface area contributed by atoms with Crippen LogP contribution in [-0.2, 0) is 0 Å². The third-order valence-electron chi connectivity index (χ3n) is 4.04. The van der Waals surface area contributed by atoms with Crippen molar-refractivity contribution in [1.29, 1.82) is 0 Å². The van der Waals surface area contributed by atoms with Crippen molar-refractivity contribution in [3.05, 3.63) is 102 Å². The van der Waals surface area contributed by atoms with Crippen molar-refractivity contribution in [2.75, 3.05) is 7.05 Å². The van der Waals surface area contributed by atoms with E-state index in [0.29, 0.717) is 0 Å². The fourth-order valence-electron chi connectivity index (χ4n) is 2.70. The van der Waals surface area contributed by atoms with Gasteiger partial charge in [-0.05, 0) is 29.5 Å². The van der Waals surface area contributed by atoms with Crippen LogP contribution in [0.15, 0.2) is 101 Å². The summed E-state index contributed by atoms with van der Waals surface area (Å²) in [7, 11) is 1.79. The smallest absolute Gasteiger partial charge is 0.0716 e. The van der Waals surface area contributed by atoms with E-state index < -0.39 is 0 Å². The summed E-state index contributed by atoms with van der Waals surface area (Å²) in [4.78, 5) is 8.59. The summed E-state index contributed by atoms with van der Waals surface area (Å²) in [5, 5.41) is 0. The summed E-state index contributed by atoms with van der Waals surface area (Å²) in [6, 6.07) is 28.8. The van der Waals surface area contributed by atoms with E-state index in [9.17, 15) is 0 Å². The van der Waals surface area contributed by atoms with Crippen LogP contribution in [0.25, 0.3) is 16.8 Å². The van der Waals surface area contributed by atoms with Gasteiger partial charge in [-0.1, -0.05) is 84.9 Å². The number of hydrogen-bond acceptors (Lipinski definition) is 2. The van der Waals surface area contributed by atoms with Gasteiger partial charge >= 0.3 is 0 Å². The summed E-state index contributed by atoms with van der Waals surface area (Å²) in [5.74, 6) is 0. The molecule has 0 saturated carbocycles. The van der Waals surface area contributed by atoms with Crippen molar-refractivity contribution >= 4 is 18.1 Å². The third-order valence-corrected chi connectivity index (χ3v) is 4.04. The molecule has 0 aromatic heterocycles. The average molecular weight is 324 g/mol. The van der Waals surface area contributed by atoms with Gasteiger partial charge in [-0.2, -0.15) is 0 Å². The van der Waals surface area contributed by atoms with E-state index in [2.05, 4.69) is 53.1 Å². The minimum absolute atomic E-state index is 0.809. The van der Waals surface area contributed by atoms with Gasteiger partial charge in [0.1, 0.15) is 0 Å². The Balaban J connectivity index is 1.92. The molecule has 0 fully saturated rings. The Morgan fingerprint density at radius 3 is 1.84 bits per heavy atom. The molecule has 0 atom stereocenters. The van der Waals surface area contributed by atoms with Crippen LogP contribution in [0.1, 0.15) is 11.1 Å². The normalized spacial score (nSPS) is 12.0. The largest absolute Gasteiger partial charge is 0.288 e. The van der Waals surface area contributed by atoms with Crippen LogP contribution in [0, 0.1) is 0 Å². The molecule has 0 saturated heterocycles. The van der Waals surface area contributed by atoms with E-state index in [4.69, 9.17) is 0 Å². The minimum atomic E-state index is 0.809. The number of aliphatic imine (C=N–C) groups is 2. The SMILES string of the molecule is C=N/C(=C\C(=NC)c1ccccc1)c1ccc(-c2ccccc2)cc1. The molecule has 25 heavy (non-hydrogen) atoms. The Bertz CT molecular complexity index is 890. The van der Waals surface area contributed by atoms with Crippen LogP contribution in [0.2, 0.25) is 0 Å². The highest BCUT2D eigenvalue weighted by Crippen LogP contribution is 2.23. The summed E-state index contributed by atoms with van der Waals surface area (Å²) in [6.45, 7) is 3.73. The summed E-state index contributed by atoms with van der Waals surface area (Å²) < 4.78 is 0. The van der Waals surface area contributed by atoms with Crippen LogP contribution >= 0.6 is 0 Å². The molecule has 0 bridgehead atoms. The van der Waals surface area contributed by atoms with Crippen LogP contribution in [-0.4, -0.2) is 19.5 Å². The van der Waals surface area contributed by atoms with Gasteiger partial charge in [0.15, 0.2) is 0 Å². The zero-order valence-corrected chi connectivity index (χ0v) is 14.3. The molecule has 0 spiro atoms. The highest BCUT2D eigenvalue weighted by molar-refractivity contribution is 6.12. The molecule has 2 nitrogen and oxygen atoms in total. The maximum Gasteiger partial charge on any atom is 0.0716 e. The average Bonchev–Trinajstić information content (AvgIpc) is 2.70. The first-order chi connectivity index (χ1) is 12.3. The van der Waals surface area contributed by atoms with Gasteiger partial charge in [0.25, 0.3) is 0 Å². The van der Waals surface area contributed by atoms with Gasteiger partial charge in [0, 0.05) is 12.6 Å². The predicted octanol–water partition coefficient (Wildman–Crippen LogP) is 5.51. The highest BCUT2D eigenvalue weighted by atomic mass is 14.7. The standard InChI is InChI=1S/C23H20N2/c1-24-22(20-11-7-4-8-12-20)17-23(25-2)21-15-13-19(14-16-21)18-9-5-3-6-10-18/h3-17H,2H2,1H3/b23-17-,24-22?. The molecule has 122 valence electrons. The molecule has 3 aromatic carbocycles. The minimum Gasteiger partial charge on any atom is -0.288 e. The lowest BCUT2D eigenvalue weighted by Gasteiger charge is -2.07. The molecule has 0 N–H and O–H groups in total. The number of rotatable bonds is 5.